The minimum absolute atomic E-state index is 0.323. The molecule has 0 bridgehead atoms. The Hall–Kier alpha value is -5.68. The predicted molar refractivity (Wildman–Crippen MR) is 198 cm³/mol. The van der Waals surface area contributed by atoms with Gasteiger partial charge in [0.15, 0.2) is 23.0 Å². The lowest BCUT2D eigenvalue weighted by Gasteiger charge is -2.22. The van der Waals surface area contributed by atoms with E-state index in [4.69, 9.17) is 42.7 Å². The maximum Gasteiger partial charge on any atom is 0.175 e. The van der Waals surface area contributed by atoms with Gasteiger partial charge in [-0.2, -0.15) is 0 Å². The van der Waals surface area contributed by atoms with Crippen LogP contribution >= 0.6 is 23.2 Å². The fourth-order valence-electron chi connectivity index (χ4n) is 7.86. The number of halogens is 2. The van der Waals surface area contributed by atoms with Crippen molar-refractivity contribution in [1.29, 1.82) is 0 Å². The summed E-state index contributed by atoms with van der Waals surface area (Å²) in [6.45, 7) is 0. The molecule has 0 saturated heterocycles. The monoisotopic (exact) mass is 682 g/mol. The molecule has 2 aliphatic heterocycles. The van der Waals surface area contributed by atoms with Gasteiger partial charge >= 0.3 is 0 Å². The standard InChI is InChI=1S/C44H24Cl2N2O2/c45-39-41-43(49-37-21-33-29(19-35(37)47-41)17-27-15-25(11-13-31(27)33)23-7-3-1-4-8-23)40(46)42-44(39)50-38-22-34-30(20-36(38)48-42)18-28-16-26(12-14-32(28)34)24-9-5-2-6-10-24/h1-16,19-22H,17-18H2. The third-order valence-corrected chi connectivity index (χ3v) is 11.0. The first kappa shape index (κ1) is 28.2. The highest BCUT2D eigenvalue weighted by molar-refractivity contribution is 6.35. The van der Waals surface area contributed by atoms with E-state index in [1.165, 1.54) is 55.6 Å². The Morgan fingerprint density at radius 2 is 0.840 bits per heavy atom. The molecule has 0 atom stereocenters. The van der Waals surface area contributed by atoms with Crippen LogP contribution in [-0.4, -0.2) is 0 Å². The molecule has 0 unspecified atom stereocenters. The van der Waals surface area contributed by atoms with Crippen LogP contribution in [0.4, 0.5) is 11.4 Å². The lowest BCUT2D eigenvalue weighted by atomic mass is 9.99. The van der Waals surface area contributed by atoms with Crippen molar-refractivity contribution in [1.82, 2.24) is 0 Å². The molecule has 7 aromatic rings. The van der Waals surface area contributed by atoms with Gasteiger partial charge in [0.05, 0.1) is 0 Å². The molecule has 236 valence electrons. The lowest BCUT2D eigenvalue weighted by molar-refractivity contribution is 0.451. The maximum atomic E-state index is 7.07. The summed E-state index contributed by atoms with van der Waals surface area (Å²) in [7, 11) is 0. The summed E-state index contributed by atoms with van der Waals surface area (Å²) in [5.41, 5.74) is 15.9. The Labute approximate surface area is 297 Å². The molecule has 0 saturated carbocycles. The van der Waals surface area contributed by atoms with E-state index in [0.29, 0.717) is 55.1 Å². The van der Waals surface area contributed by atoms with E-state index in [1.54, 1.807) is 0 Å². The molecular weight excluding hydrogens is 659 g/mol. The van der Waals surface area contributed by atoms with Gasteiger partial charge in [-0.3, -0.25) is 0 Å². The van der Waals surface area contributed by atoms with Crippen molar-refractivity contribution in [3.63, 3.8) is 0 Å². The second-order valence-corrected chi connectivity index (χ2v) is 14.0. The van der Waals surface area contributed by atoms with Crippen molar-refractivity contribution in [2.45, 2.75) is 12.8 Å². The van der Waals surface area contributed by atoms with Crippen LogP contribution in [0.25, 0.3) is 44.5 Å². The van der Waals surface area contributed by atoms with Crippen LogP contribution in [0.1, 0.15) is 22.3 Å². The SMILES string of the molecule is Clc1c2c(c(Cl)c3c1=Nc1cc4c(cc1O3)-c1ccc(-c3ccccc3)cc1C4)=Nc1cc3c(cc1O2)-c1ccc(-c2ccccc2)cc1C3. The van der Waals surface area contributed by atoms with Crippen molar-refractivity contribution < 1.29 is 9.47 Å². The summed E-state index contributed by atoms with van der Waals surface area (Å²) in [4.78, 5) is 9.99. The highest BCUT2D eigenvalue weighted by Gasteiger charge is 2.31. The van der Waals surface area contributed by atoms with Crippen LogP contribution in [0.2, 0.25) is 10.0 Å². The molecule has 50 heavy (non-hydrogen) atoms. The zero-order valence-electron chi connectivity index (χ0n) is 26.4. The molecule has 2 heterocycles. The molecule has 11 rings (SSSR count). The van der Waals surface area contributed by atoms with Crippen molar-refractivity contribution in [2.75, 3.05) is 0 Å². The quantitative estimate of drug-likeness (QED) is 0.182. The van der Waals surface area contributed by atoms with Gasteiger partial charge < -0.3 is 9.47 Å². The smallest absolute Gasteiger partial charge is 0.175 e. The molecule has 0 aromatic heterocycles. The van der Waals surface area contributed by atoms with Gasteiger partial charge in [-0.05, 0) is 104 Å². The molecule has 0 radical (unpaired) electrons. The second-order valence-electron chi connectivity index (χ2n) is 13.2. The molecule has 6 heteroatoms. The largest absolute Gasteiger partial charge is 0.451 e. The highest BCUT2D eigenvalue weighted by Crippen LogP contribution is 2.50. The number of nitrogens with zero attached hydrogens (tertiary/aromatic N) is 2. The first-order chi connectivity index (χ1) is 24.6. The Kier molecular flexibility index (Phi) is 5.87. The van der Waals surface area contributed by atoms with Gasteiger partial charge in [0, 0.05) is 0 Å². The molecular formula is C44H24Cl2N2O2. The fraction of sp³-hybridized carbons (Fsp3) is 0.0455. The second kappa shape index (κ2) is 10.4. The fourth-order valence-corrected chi connectivity index (χ4v) is 8.37. The van der Waals surface area contributed by atoms with Crippen LogP contribution in [0.3, 0.4) is 0 Å². The van der Waals surface area contributed by atoms with E-state index in [-0.39, 0.29) is 0 Å². The van der Waals surface area contributed by atoms with Crippen LogP contribution in [-0.2, 0) is 12.8 Å². The number of fused-ring (bicyclic) bond motifs is 10. The van der Waals surface area contributed by atoms with Crippen LogP contribution in [0.15, 0.2) is 131 Å². The van der Waals surface area contributed by atoms with Crippen molar-refractivity contribution in [3.05, 3.63) is 164 Å². The van der Waals surface area contributed by atoms with Crippen molar-refractivity contribution in [3.8, 4) is 67.5 Å². The molecule has 0 amide bonds. The summed E-state index contributed by atoms with van der Waals surface area (Å²) in [5, 5.41) is 1.54. The molecule has 4 aliphatic rings. The Morgan fingerprint density at radius 1 is 0.420 bits per heavy atom. The average molecular weight is 684 g/mol. The number of rotatable bonds is 2. The van der Waals surface area contributed by atoms with E-state index < -0.39 is 0 Å². The average Bonchev–Trinajstić information content (AvgIpc) is 3.70. The maximum absolute atomic E-state index is 7.07. The van der Waals surface area contributed by atoms with Gasteiger partial charge in [0.1, 0.15) is 32.1 Å². The summed E-state index contributed by atoms with van der Waals surface area (Å²) in [6.07, 6.45) is 1.64. The first-order valence-corrected chi connectivity index (χ1v) is 17.4. The van der Waals surface area contributed by atoms with Gasteiger partial charge in [-0.25, -0.2) is 9.98 Å². The third kappa shape index (κ3) is 4.13. The van der Waals surface area contributed by atoms with Crippen LogP contribution < -0.4 is 20.2 Å². The van der Waals surface area contributed by atoms with E-state index in [2.05, 4.69) is 109 Å². The molecule has 2 aliphatic carbocycles. The zero-order valence-corrected chi connectivity index (χ0v) is 27.9. The number of benzene rings is 7. The summed E-state index contributed by atoms with van der Waals surface area (Å²) >= 11 is 14.1. The van der Waals surface area contributed by atoms with E-state index in [0.717, 1.165) is 24.0 Å². The Morgan fingerprint density at radius 3 is 1.28 bits per heavy atom. The predicted octanol–water partition coefficient (Wildman–Crippen LogP) is 11.6. The summed E-state index contributed by atoms with van der Waals surface area (Å²) < 4.78 is 13.0. The minimum atomic E-state index is 0.323. The van der Waals surface area contributed by atoms with Crippen molar-refractivity contribution >= 4 is 34.6 Å². The van der Waals surface area contributed by atoms with Crippen LogP contribution in [0.5, 0.6) is 23.0 Å². The third-order valence-electron chi connectivity index (χ3n) is 10.3. The zero-order chi connectivity index (χ0) is 33.1. The first-order valence-electron chi connectivity index (χ1n) is 16.6. The number of ether oxygens (including phenoxy) is 2. The summed E-state index contributed by atoms with van der Waals surface area (Å²) in [5.74, 6) is 2.05. The molecule has 0 fully saturated rings. The topological polar surface area (TPSA) is 43.2 Å². The summed E-state index contributed by atoms with van der Waals surface area (Å²) in [6, 6.07) is 42.6. The normalized spacial score (nSPS) is 13.5. The number of hydrogen-bond donors (Lipinski definition) is 0. The van der Waals surface area contributed by atoms with Gasteiger partial charge in [-0.1, -0.05) is 120 Å². The van der Waals surface area contributed by atoms with E-state index in [9.17, 15) is 0 Å². The van der Waals surface area contributed by atoms with Crippen LogP contribution in [0, 0.1) is 0 Å². The van der Waals surface area contributed by atoms with Crippen molar-refractivity contribution in [2.24, 2.45) is 9.98 Å². The Balaban J connectivity index is 0.967. The minimum Gasteiger partial charge on any atom is -0.451 e. The molecule has 4 nitrogen and oxygen atoms in total. The Bertz CT molecular complexity index is 2590. The lowest BCUT2D eigenvalue weighted by Crippen LogP contribution is -2.22. The van der Waals surface area contributed by atoms with Gasteiger partial charge in [0.2, 0.25) is 0 Å². The van der Waals surface area contributed by atoms with Gasteiger partial charge in [0.25, 0.3) is 0 Å². The van der Waals surface area contributed by atoms with E-state index in [1.807, 2.05) is 12.1 Å². The molecule has 0 spiro atoms. The molecule has 7 aromatic carbocycles. The van der Waals surface area contributed by atoms with Gasteiger partial charge in [-0.15, -0.1) is 0 Å². The van der Waals surface area contributed by atoms with E-state index >= 15 is 0 Å². The number of hydrogen-bond acceptors (Lipinski definition) is 4. The molecule has 0 N–H and O–H groups in total. The highest BCUT2D eigenvalue weighted by atomic mass is 35.5.